The lowest BCUT2D eigenvalue weighted by Gasteiger charge is -2.28. The Hall–Kier alpha value is -1.58. The van der Waals surface area contributed by atoms with Gasteiger partial charge in [0, 0.05) is 17.5 Å². The molecule has 0 bridgehead atoms. The summed E-state index contributed by atoms with van der Waals surface area (Å²) in [4.78, 5) is 4.59. The van der Waals surface area contributed by atoms with Gasteiger partial charge in [-0.15, -0.1) is 0 Å². The van der Waals surface area contributed by atoms with Gasteiger partial charge in [0.25, 0.3) is 0 Å². The Kier molecular flexibility index (Phi) is 3.19. The van der Waals surface area contributed by atoms with E-state index in [1.54, 1.807) is 0 Å². The molecule has 0 aromatic carbocycles. The molecule has 1 fully saturated rings. The van der Waals surface area contributed by atoms with Crippen LogP contribution in [0.15, 0.2) is 18.5 Å². The van der Waals surface area contributed by atoms with E-state index in [1.807, 2.05) is 17.1 Å². The van der Waals surface area contributed by atoms with Crippen molar-refractivity contribution in [2.75, 3.05) is 5.32 Å². The number of nitrogens with zero attached hydrogens (tertiary/aromatic N) is 3. The lowest BCUT2D eigenvalue weighted by molar-refractivity contribution is 0.350. The van der Waals surface area contributed by atoms with Crippen LogP contribution in [0.3, 0.4) is 0 Å². The first-order chi connectivity index (χ1) is 9.47. The highest BCUT2D eigenvalue weighted by Crippen LogP contribution is 2.39. The zero-order valence-corrected chi connectivity index (χ0v) is 12.8. The summed E-state index contributed by atoms with van der Waals surface area (Å²) in [5.41, 5.74) is 2.45. The fourth-order valence-corrected chi connectivity index (χ4v) is 3.19. The fraction of sp³-hybridized carbons (Fsp3) is 0.625. The number of hydrogen-bond acceptors (Lipinski definition) is 3. The van der Waals surface area contributed by atoms with Crippen molar-refractivity contribution in [2.45, 2.75) is 59.0 Å². The lowest BCUT2D eigenvalue weighted by atomic mass is 9.87. The lowest BCUT2D eigenvalue weighted by Crippen LogP contribution is -2.30. The van der Waals surface area contributed by atoms with Crippen LogP contribution in [0, 0.1) is 5.41 Å². The van der Waals surface area contributed by atoms with Gasteiger partial charge in [-0.25, -0.2) is 9.67 Å². The van der Waals surface area contributed by atoms with Gasteiger partial charge < -0.3 is 5.32 Å². The van der Waals surface area contributed by atoms with Crippen LogP contribution in [-0.4, -0.2) is 20.8 Å². The predicted octanol–water partition coefficient (Wildman–Crippen LogP) is 4.00. The molecule has 0 amide bonds. The quantitative estimate of drug-likeness (QED) is 0.918. The molecule has 1 saturated carbocycles. The summed E-state index contributed by atoms with van der Waals surface area (Å²) in [6.07, 6.45) is 7.71. The standard InChI is InChI=1S/C16H24N4/c1-11(2)20-15-12(9-18-20)8-13(10-17-15)19-14-6-5-7-16(14,3)4/h8-11,14,19H,5-7H2,1-4H3. The normalized spacial score (nSPS) is 21.8. The van der Waals surface area contributed by atoms with Gasteiger partial charge in [-0.1, -0.05) is 20.3 Å². The molecular weight excluding hydrogens is 248 g/mol. The third-order valence-corrected chi connectivity index (χ3v) is 4.52. The van der Waals surface area contributed by atoms with Gasteiger partial charge in [-0.3, -0.25) is 0 Å². The second-order valence-corrected chi connectivity index (χ2v) is 6.90. The number of nitrogens with one attached hydrogen (secondary N) is 1. The minimum atomic E-state index is 0.340. The van der Waals surface area contributed by atoms with E-state index in [9.17, 15) is 0 Å². The van der Waals surface area contributed by atoms with Crippen LogP contribution in [0.4, 0.5) is 5.69 Å². The Labute approximate surface area is 120 Å². The molecule has 1 atom stereocenters. The molecule has 0 aliphatic heterocycles. The summed E-state index contributed by atoms with van der Waals surface area (Å²) in [5, 5.41) is 9.20. The largest absolute Gasteiger partial charge is 0.381 e. The van der Waals surface area contributed by atoms with Gasteiger partial charge in [0.2, 0.25) is 0 Å². The van der Waals surface area contributed by atoms with Crippen molar-refractivity contribution in [3.05, 3.63) is 18.5 Å². The Balaban J connectivity index is 1.87. The molecule has 3 rings (SSSR count). The van der Waals surface area contributed by atoms with Gasteiger partial charge in [0.1, 0.15) is 0 Å². The van der Waals surface area contributed by atoms with E-state index >= 15 is 0 Å². The number of fused-ring (bicyclic) bond motifs is 1. The third-order valence-electron chi connectivity index (χ3n) is 4.52. The predicted molar refractivity (Wildman–Crippen MR) is 83.0 cm³/mol. The highest BCUT2D eigenvalue weighted by molar-refractivity contribution is 5.78. The van der Waals surface area contributed by atoms with Gasteiger partial charge in [-0.2, -0.15) is 5.10 Å². The minimum absolute atomic E-state index is 0.340. The molecular formula is C16H24N4. The van der Waals surface area contributed by atoms with Crippen molar-refractivity contribution in [3.8, 4) is 0 Å². The SMILES string of the molecule is CC(C)n1ncc2cc(NC3CCCC3(C)C)cnc21. The number of hydrogen-bond donors (Lipinski definition) is 1. The summed E-state index contributed by atoms with van der Waals surface area (Å²) in [6.45, 7) is 8.95. The number of aromatic nitrogens is 3. The average molecular weight is 272 g/mol. The zero-order chi connectivity index (χ0) is 14.3. The van der Waals surface area contributed by atoms with Crippen molar-refractivity contribution in [3.63, 3.8) is 0 Å². The Morgan fingerprint density at radius 3 is 2.80 bits per heavy atom. The zero-order valence-electron chi connectivity index (χ0n) is 12.8. The van der Waals surface area contributed by atoms with Gasteiger partial charge in [0.15, 0.2) is 5.65 Å². The molecule has 2 aromatic heterocycles. The first-order valence-electron chi connectivity index (χ1n) is 7.57. The van der Waals surface area contributed by atoms with E-state index in [1.165, 1.54) is 19.3 Å². The molecule has 0 saturated heterocycles. The Morgan fingerprint density at radius 2 is 2.15 bits per heavy atom. The summed E-state index contributed by atoms with van der Waals surface area (Å²) in [7, 11) is 0. The molecule has 1 aliphatic carbocycles. The molecule has 2 heterocycles. The van der Waals surface area contributed by atoms with E-state index in [-0.39, 0.29) is 0 Å². The average Bonchev–Trinajstić information content (AvgIpc) is 2.93. The molecule has 0 radical (unpaired) electrons. The Morgan fingerprint density at radius 1 is 1.35 bits per heavy atom. The maximum absolute atomic E-state index is 4.59. The maximum Gasteiger partial charge on any atom is 0.158 e. The summed E-state index contributed by atoms with van der Waals surface area (Å²) < 4.78 is 1.97. The van der Waals surface area contributed by atoms with E-state index in [2.05, 4.69) is 49.2 Å². The van der Waals surface area contributed by atoms with Crippen molar-refractivity contribution < 1.29 is 0 Å². The van der Waals surface area contributed by atoms with Crippen LogP contribution in [0.2, 0.25) is 0 Å². The molecule has 1 N–H and O–H groups in total. The highest BCUT2D eigenvalue weighted by Gasteiger charge is 2.34. The van der Waals surface area contributed by atoms with E-state index < -0.39 is 0 Å². The molecule has 0 spiro atoms. The van der Waals surface area contributed by atoms with E-state index in [4.69, 9.17) is 0 Å². The first-order valence-corrected chi connectivity index (χ1v) is 7.57. The molecule has 4 nitrogen and oxygen atoms in total. The summed E-state index contributed by atoms with van der Waals surface area (Å²) in [6, 6.07) is 3.05. The van der Waals surface area contributed by atoms with E-state index in [0.717, 1.165) is 16.7 Å². The monoisotopic (exact) mass is 272 g/mol. The van der Waals surface area contributed by atoms with Crippen LogP contribution in [0.5, 0.6) is 0 Å². The summed E-state index contributed by atoms with van der Waals surface area (Å²) in [5.74, 6) is 0. The fourth-order valence-electron chi connectivity index (χ4n) is 3.19. The van der Waals surface area contributed by atoms with Crippen LogP contribution >= 0.6 is 0 Å². The molecule has 20 heavy (non-hydrogen) atoms. The third kappa shape index (κ3) is 2.28. The Bertz CT molecular complexity index is 612. The van der Waals surface area contributed by atoms with Crippen LogP contribution in [0.1, 0.15) is 53.0 Å². The van der Waals surface area contributed by atoms with Crippen LogP contribution in [0.25, 0.3) is 11.0 Å². The van der Waals surface area contributed by atoms with Gasteiger partial charge >= 0.3 is 0 Å². The smallest absolute Gasteiger partial charge is 0.158 e. The second kappa shape index (κ2) is 4.76. The second-order valence-electron chi connectivity index (χ2n) is 6.90. The van der Waals surface area contributed by atoms with Gasteiger partial charge in [0.05, 0.1) is 18.1 Å². The topological polar surface area (TPSA) is 42.7 Å². The molecule has 1 aliphatic rings. The number of pyridine rings is 1. The first kappa shape index (κ1) is 13.4. The summed E-state index contributed by atoms with van der Waals surface area (Å²) >= 11 is 0. The van der Waals surface area contributed by atoms with Crippen LogP contribution < -0.4 is 5.32 Å². The molecule has 4 heteroatoms. The van der Waals surface area contributed by atoms with Crippen molar-refractivity contribution in [1.29, 1.82) is 0 Å². The van der Waals surface area contributed by atoms with Gasteiger partial charge in [-0.05, 0) is 38.2 Å². The van der Waals surface area contributed by atoms with E-state index in [0.29, 0.717) is 17.5 Å². The molecule has 1 unspecified atom stereocenters. The molecule has 108 valence electrons. The maximum atomic E-state index is 4.59. The van der Waals surface area contributed by atoms with Crippen molar-refractivity contribution >= 4 is 16.7 Å². The minimum Gasteiger partial charge on any atom is -0.381 e. The number of anilines is 1. The molecule has 2 aromatic rings. The highest BCUT2D eigenvalue weighted by atomic mass is 15.3. The number of rotatable bonds is 3. The van der Waals surface area contributed by atoms with Crippen molar-refractivity contribution in [2.24, 2.45) is 5.41 Å². The van der Waals surface area contributed by atoms with Crippen LogP contribution in [-0.2, 0) is 0 Å². The van der Waals surface area contributed by atoms with Crippen molar-refractivity contribution in [1.82, 2.24) is 14.8 Å².